The summed E-state index contributed by atoms with van der Waals surface area (Å²) in [5.41, 5.74) is -1.92. The number of alkyl halides is 1. The minimum Gasteiger partial charge on any atom is -0.479 e. The number of ether oxygens (including phenoxy) is 1. The maximum absolute atomic E-state index is 11.8. The predicted octanol–water partition coefficient (Wildman–Crippen LogP) is 2.82. The lowest BCUT2D eigenvalue weighted by Crippen LogP contribution is -2.60. The van der Waals surface area contributed by atoms with Gasteiger partial charge in [0.15, 0.2) is 5.54 Å². The number of amides is 1. The second-order valence-electron chi connectivity index (χ2n) is 5.35. The molecule has 0 fully saturated rings. The van der Waals surface area contributed by atoms with Crippen LogP contribution in [-0.4, -0.2) is 32.7 Å². The van der Waals surface area contributed by atoms with Crippen molar-refractivity contribution in [3.63, 3.8) is 0 Å². The molecule has 0 aromatic carbocycles. The van der Waals surface area contributed by atoms with E-state index in [0.29, 0.717) is 6.42 Å². The molecule has 2 atom stereocenters. The van der Waals surface area contributed by atoms with Crippen molar-refractivity contribution in [2.45, 2.75) is 52.2 Å². The van der Waals surface area contributed by atoms with E-state index in [1.165, 1.54) is 0 Å². The first kappa shape index (κ1) is 17.5. The van der Waals surface area contributed by atoms with Gasteiger partial charge in [0, 0.05) is 4.43 Å². The van der Waals surface area contributed by atoms with Gasteiger partial charge in [-0.05, 0) is 26.7 Å². The fraction of sp³-hybridized carbons (Fsp3) is 0.833. The summed E-state index contributed by atoms with van der Waals surface area (Å²) in [4.78, 5) is 23.2. The van der Waals surface area contributed by atoms with Gasteiger partial charge in [0.1, 0.15) is 5.60 Å². The van der Waals surface area contributed by atoms with Gasteiger partial charge in [0.05, 0.1) is 0 Å². The monoisotopic (exact) mass is 371 g/mol. The highest BCUT2D eigenvalue weighted by Crippen LogP contribution is 2.24. The van der Waals surface area contributed by atoms with Crippen LogP contribution >= 0.6 is 22.6 Å². The predicted molar refractivity (Wildman–Crippen MR) is 78.1 cm³/mol. The van der Waals surface area contributed by atoms with Crippen molar-refractivity contribution in [3.05, 3.63) is 0 Å². The van der Waals surface area contributed by atoms with Crippen LogP contribution in [0, 0.1) is 5.92 Å². The number of nitrogens with one attached hydrogen (secondary N) is 1. The van der Waals surface area contributed by atoms with E-state index in [2.05, 4.69) is 5.32 Å². The Hall–Kier alpha value is -0.530. The number of halogens is 1. The van der Waals surface area contributed by atoms with E-state index in [1.807, 2.05) is 36.4 Å². The lowest BCUT2D eigenvalue weighted by atomic mass is 9.85. The largest absolute Gasteiger partial charge is 0.479 e. The molecule has 0 bridgehead atoms. The number of carbonyl (C=O) groups is 2. The molecular weight excluding hydrogens is 349 g/mol. The summed E-state index contributed by atoms with van der Waals surface area (Å²) in [6, 6.07) is 0. The molecule has 0 saturated heterocycles. The topological polar surface area (TPSA) is 75.6 Å². The fourth-order valence-electron chi connectivity index (χ4n) is 1.44. The summed E-state index contributed by atoms with van der Waals surface area (Å²) in [6.07, 6.45) is -0.0349. The van der Waals surface area contributed by atoms with Gasteiger partial charge in [-0.2, -0.15) is 0 Å². The van der Waals surface area contributed by atoms with Crippen LogP contribution in [0.3, 0.4) is 0 Å². The zero-order valence-electron chi connectivity index (χ0n) is 11.5. The Labute approximate surface area is 122 Å². The Balaban J connectivity index is 5.02. The molecule has 0 heterocycles. The van der Waals surface area contributed by atoms with E-state index in [1.54, 1.807) is 20.8 Å². The van der Waals surface area contributed by atoms with Crippen LogP contribution in [0.5, 0.6) is 0 Å². The van der Waals surface area contributed by atoms with Gasteiger partial charge in [-0.3, -0.25) is 0 Å². The van der Waals surface area contributed by atoms with Gasteiger partial charge >= 0.3 is 12.1 Å². The minimum absolute atomic E-state index is 0.181. The summed E-state index contributed by atoms with van der Waals surface area (Å²) in [5, 5.41) is 11.9. The minimum atomic E-state index is -1.28. The molecule has 6 heteroatoms. The molecule has 0 aromatic rings. The molecular formula is C12H22INO4. The lowest BCUT2D eigenvalue weighted by Gasteiger charge is -2.34. The van der Waals surface area contributed by atoms with Gasteiger partial charge in [-0.25, -0.2) is 9.59 Å². The highest BCUT2D eigenvalue weighted by atomic mass is 127. The van der Waals surface area contributed by atoms with Crippen molar-refractivity contribution in [1.29, 1.82) is 0 Å². The molecule has 0 aliphatic rings. The number of rotatable bonds is 5. The number of hydrogen-bond donors (Lipinski definition) is 2. The van der Waals surface area contributed by atoms with E-state index < -0.39 is 23.2 Å². The van der Waals surface area contributed by atoms with E-state index in [9.17, 15) is 14.7 Å². The van der Waals surface area contributed by atoms with Crippen molar-refractivity contribution < 1.29 is 19.4 Å². The van der Waals surface area contributed by atoms with Crippen LogP contribution in [0.4, 0.5) is 4.79 Å². The number of carbonyl (C=O) groups excluding carboxylic acids is 1. The summed E-state index contributed by atoms with van der Waals surface area (Å²) >= 11 is 1.98. The number of aliphatic carboxylic acids is 1. The number of carboxylic acid groups (broad SMARTS) is 1. The maximum atomic E-state index is 11.8. The van der Waals surface area contributed by atoms with Gasteiger partial charge in [0.25, 0.3) is 0 Å². The smallest absolute Gasteiger partial charge is 0.408 e. The molecule has 0 radical (unpaired) electrons. The lowest BCUT2D eigenvalue weighted by molar-refractivity contribution is -0.145. The van der Waals surface area contributed by atoms with Crippen molar-refractivity contribution in [2.75, 3.05) is 4.43 Å². The highest BCUT2D eigenvalue weighted by molar-refractivity contribution is 14.1. The quantitative estimate of drug-likeness (QED) is 0.576. The van der Waals surface area contributed by atoms with Gasteiger partial charge in [-0.15, -0.1) is 0 Å². The summed E-state index contributed by atoms with van der Waals surface area (Å²) in [5.74, 6) is -1.21. The molecule has 18 heavy (non-hydrogen) atoms. The zero-order chi connectivity index (χ0) is 14.6. The zero-order valence-corrected chi connectivity index (χ0v) is 13.7. The van der Waals surface area contributed by atoms with E-state index in [0.717, 1.165) is 0 Å². The molecule has 0 aliphatic heterocycles. The molecule has 0 rings (SSSR count). The van der Waals surface area contributed by atoms with Crippen molar-refractivity contribution >= 4 is 34.7 Å². The third-order valence-corrected chi connectivity index (χ3v) is 3.97. The van der Waals surface area contributed by atoms with Crippen LogP contribution in [-0.2, 0) is 9.53 Å². The van der Waals surface area contributed by atoms with Gasteiger partial charge in [-0.1, -0.05) is 42.9 Å². The first-order valence-corrected chi connectivity index (χ1v) is 7.42. The Morgan fingerprint density at radius 3 is 2.17 bits per heavy atom. The Kier molecular flexibility index (Phi) is 6.39. The summed E-state index contributed by atoms with van der Waals surface area (Å²) < 4.78 is 5.41. The van der Waals surface area contributed by atoms with E-state index >= 15 is 0 Å². The van der Waals surface area contributed by atoms with Gasteiger partial charge < -0.3 is 15.2 Å². The first-order valence-electron chi connectivity index (χ1n) is 5.89. The van der Waals surface area contributed by atoms with Crippen molar-refractivity contribution in [3.8, 4) is 0 Å². The third-order valence-electron chi connectivity index (χ3n) is 2.77. The van der Waals surface area contributed by atoms with Crippen LogP contribution < -0.4 is 5.32 Å². The van der Waals surface area contributed by atoms with Crippen molar-refractivity contribution in [1.82, 2.24) is 5.32 Å². The van der Waals surface area contributed by atoms with E-state index in [-0.39, 0.29) is 10.3 Å². The van der Waals surface area contributed by atoms with Crippen LogP contribution in [0.15, 0.2) is 0 Å². The van der Waals surface area contributed by atoms with Crippen molar-refractivity contribution in [2.24, 2.45) is 5.92 Å². The molecule has 0 aliphatic carbocycles. The van der Waals surface area contributed by atoms with Gasteiger partial charge in [0.2, 0.25) is 0 Å². The van der Waals surface area contributed by atoms with E-state index in [4.69, 9.17) is 4.74 Å². The fourth-order valence-corrected chi connectivity index (χ4v) is 2.71. The molecule has 0 saturated carbocycles. The molecule has 5 nitrogen and oxygen atoms in total. The summed E-state index contributed by atoms with van der Waals surface area (Å²) in [7, 11) is 0. The van der Waals surface area contributed by atoms with Crippen LogP contribution in [0.2, 0.25) is 0 Å². The molecule has 0 unspecified atom stereocenters. The Bertz CT molecular complexity index is 314. The Morgan fingerprint density at radius 2 is 1.89 bits per heavy atom. The number of hydrogen-bond acceptors (Lipinski definition) is 3. The Morgan fingerprint density at radius 1 is 1.39 bits per heavy atom. The average molecular weight is 371 g/mol. The number of alkyl carbamates (subject to hydrolysis) is 1. The standard InChI is InChI=1S/C12H22INO4/c1-6-8(2)12(7-13,9(15)16)14-10(17)18-11(3,4)5/h8H,6-7H2,1-5H3,(H,14,17)(H,15,16)/t8-,12-/m0/s1. The second-order valence-corrected chi connectivity index (χ2v) is 6.11. The van der Waals surface area contributed by atoms with Crippen LogP contribution in [0.25, 0.3) is 0 Å². The molecule has 1 amide bonds. The number of carboxylic acids is 1. The third kappa shape index (κ3) is 4.62. The first-order chi connectivity index (χ1) is 8.09. The SMILES string of the molecule is CC[C@H](C)[C@](CI)(NC(=O)OC(C)(C)C)C(=O)O. The second kappa shape index (κ2) is 6.58. The highest BCUT2D eigenvalue weighted by Gasteiger charge is 2.44. The normalized spacial score (nSPS) is 16.6. The molecule has 2 N–H and O–H groups in total. The van der Waals surface area contributed by atoms with Crippen LogP contribution in [0.1, 0.15) is 41.0 Å². The maximum Gasteiger partial charge on any atom is 0.408 e. The summed E-state index contributed by atoms with van der Waals surface area (Å²) in [6.45, 7) is 8.92. The average Bonchev–Trinajstić information content (AvgIpc) is 2.21. The molecule has 0 spiro atoms. The molecule has 106 valence electrons. The molecule has 0 aromatic heterocycles.